The van der Waals surface area contributed by atoms with E-state index in [1.807, 2.05) is 6.92 Å². The molecule has 4 heterocycles. The fraction of sp³-hybridized carbons (Fsp3) is 0.214. The first-order valence-electron chi connectivity index (χ1n) is 12.7. The summed E-state index contributed by atoms with van der Waals surface area (Å²) >= 11 is 0. The minimum atomic E-state index is -0.501. The lowest BCUT2D eigenvalue weighted by Gasteiger charge is -2.35. The van der Waals surface area contributed by atoms with Gasteiger partial charge in [0.25, 0.3) is 5.91 Å². The van der Waals surface area contributed by atoms with Crippen molar-refractivity contribution in [3.05, 3.63) is 94.5 Å². The molecule has 1 saturated carbocycles. The molecule has 1 amide bonds. The molecule has 1 aliphatic carbocycles. The van der Waals surface area contributed by atoms with Crippen LogP contribution in [0.4, 0.5) is 4.39 Å². The highest BCUT2D eigenvalue weighted by molar-refractivity contribution is 5.93. The van der Waals surface area contributed by atoms with Crippen LogP contribution in [0.2, 0.25) is 0 Å². The quantitative estimate of drug-likeness (QED) is 0.299. The number of aromatic nitrogens is 6. The number of halogens is 1. The molecular formula is C28H24FN7O4. The summed E-state index contributed by atoms with van der Waals surface area (Å²) in [6, 6.07) is 13.9. The lowest BCUT2D eigenvalue weighted by atomic mass is 9.79. The second-order valence-electron chi connectivity index (χ2n) is 9.43. The van der Waals surface area contributed by atoms with Crippen LogP contribution in [0, 0.1) is 5.82 Å². The van der Waals surface area contributed by atoms with Gasteiger partial charge in [-0.3, -0.25) is 19.1 Å². The van der Waals surface area contributed by atoms with Crippen molar-refractivity contribution in [2.75, 3.05) is 6.61 Å². The molecule has 0 spiro atoms. The third-order valence-corrected chi connectivity index (χ3v) is 6.86. The van der Waals surface area contributed by atoms with Gasteiger partial charge in [0.2, 0.25) is 0 Å². The average Bonchev–Trinajstić information content (AvgIpc) is 3.36. The second kappa shape index (κ2) is 10.2. The van der Waals surface area contributed by atoms with Crippen LogP contribution in [0.1, 0.15) is 42.0 Å². The molecule has 0 saturated heterocycles. The normalized spacial score (nSPS) is 16.4. The number of ether oxygens (including phenoxy) is 1. The van der Waals surface area contributed by atoms with E-state index in [1.54, 1.807) is 47.2 Å². The molecule has 1 aromatic carbocycles. The van der Waals surface area contributed by atoms with E-state index >= 15 is 0 Å². The minimum Gasteiger partial charge on any atom is -0.492 e. The number of hydrogen-bond acceptors (Lipinski definition) is 8. The Labute approximate surface area is 227 Å². The molecule has 3 aliphatic rings. The molecule has 1 fully saturated rings. The van der Waals surface area contributed by atoms with Gasteiger partial charge in [-0.2, -0.15) is 4.73 Å². The van der Waals surface area contributed by atoms with Gasteiger partial charge >= 0.3 is 0 Å². The summed E-state index contributed by atoms with van der Waals surface area (Å²) in [7, 11) is 0. The zero-order chi connectivity index (χ0) is 27.8. The van der Waals surface area contributed by atoms with Gasteiger partial charge in [-0.05, 0) is 56.2 Å². The summed E-state index contributed by atoms with van der Waals surface area (Å²) in [6.45, 7) is 2.39. The summed E-state index contributed by atoms with van der Waals surface area (Å²) in [5, 5.41) is 22.2. The van der Waals surface area contributed by atoms with Crippen molar-refractivity contribution in [1.29, 1.82) is 0 Å². The highest BCUT2D eigenvalue weighted by Gasteiger charge is 2.37. The first kappa shape index (κ1) is 25.2. The molecule has 12 heteroatoms. The van der Waals surface area contributed by atoms with Crippen LogP contribution < -0.4 is 15.5 Å². The molecule has 6 rings (SSSR count). The topological polar surface area (TPSA) is 137 Å². The van der Waals surface area contributed by atoms with Crippen LogP contribution in [-0.4, -0.2) is 53.2 Å². The van der Waals surface area contributed by atoms with E-state index in [1.165, 1.54) is 18.2 Å². The number of hydrogen-bond donors (Lipinski definition) is 2. The van der Waals surface area contributed by atoms with E-state index in [4.69, 9.17) is 4.74 Å². The summed E-state index contributed by atoms with van der Waals surface area (Å²) < 4.78 is 22.8. The van der Waals surface area contributed by atoms with Crippen molar-refractivity contribution in [3.8, 4) is 34.3 Å². The average molecular weight is 542 g/mol. The number of carbonyl (C=O) groups is 1. The predicted molar refractivity (Wildman–Crippen MR) is 141 cm³/mol. The van der Waals surface area contributed by atoms with Crippen molar-refractivity contribution in [1.82, 2.24) is 34.8 Å². The van der Waals surface area contributed by atoms with E-state index in [9.17, 15) is 19.2 Å². The van der Waals surface area contributed by atoms with Crippen LogP contribution in [0.15, 0.2) is 71.8 Å². The van der Waals surface area contributed by atoms with Crippen molar-refractivity contribution in [3.63, 3.8) is 0 Å². The summed E-state index contributed by atoms with van der Waals surface area (Å²) in [5.41, 5.74) is 0.918. The van der Waals surface area contributed by atoms with Gasteiger partial charge < -0.3 is 15.3 Å². The standard InChI is InChI=1S/C28H24FN7O4/c1-2-40-19-7-8-22(31-15-19)27-34-33-26(35(27)23-6-4-3-5-20(23)29)16-11-17(12-16)32-28(38)24-10-9-21-25(36(24)39)13-18(37)14-30-21/h3-10,13-17,39H,2,11-12H2,1H3,(H,32,38). The third kappa shape index (κ3) is 4.53. The fourth-order valence-electron chi connectivity index (χ4n) is 4.84. The molecule has 2 N–H and O–H groups in total. The molecule has 0 bridgehead atoms. The zero-order valence-electron chi connectivity index (χ0n) is 21.4. The van der Waals surface area contributed by atoms with Gasteiger partial charge in [0.1, 0.15) is 34.5 Å². The van der Waals surface area contributed by atoms with E-state index in [2.05, 4.69) is 25.5 Å². The highest BCUT2D eigenvalue weighted by atomic mass is 19.1. The molecule has 0 unspecified atom stereocenters. The number of amides is 1. The van der Waals surface area contributed by atoms with E-state index in [0.29, 0.717) is 58.7 Å². The number of nitrogens with zero attached hydrogens (tertiary/aromatic N) is 6. The number of benzene rings is 1. The molecule has 3 aromatic rings. The number of rotatable bonds is 7. The Bertz CT molecular complexity index is 1730. The van der Waals surface area contributed by atoms with E-state index in [-0.39, 0.29) is 28.8 Å². The van der Waals surface area contributed by atoms with Gasteiger partial charge in [0, 0.05) is 18.0 Å². The first-order valence-corrected chi connectivity index (χ1v) is 12.7. The Morgan fingerprint density at radius 1 is 1.07 bits per heavy atom. The van der Waals surface area contributed by atoms with Gasteiger partial charge in [-0.25, -0.2) is 9.37 Å². The Morgan fingerprint density at radius 3 is 2.60 bits per heavy atom. The Balaban J connectivity index is 1.24. The van der Waals surface area contributed by atoms with Gasteiger partial charge in [0.05, 0.1) is 30.4 Å². The zero-order valence-corrected chi connectivity index (χ0v) is 21.4. The Morgan fingerprint density at radius 2 is 1.85 bits per heavy atom. The lowest BCUT2D eigenvalue weighted by Crippen LogP contribution is -2.44. The van der Waals surface area contributed by atoms with Crippen molar-refractivity contribution >= 4 is 5.91 Å². The van der Waals surface area contributed by atoms with Crippen LogP contribution >= 0.6 is 0 Å². The second-order valence-corrected chi connectivity index (χ2v) is 9.43. The Hall–Kier alpha value is -5.13. The molecule has 40 heavy (non-hydrogen) atoms. The van der Waals surface area contributed by atoms with Crippen molar-refractivity contribution in [2.24, 2.45) is 0 Å². The van der Waals surface area contributed by atoms with E-state index < -0.39 is 11.7 Å². The van der Waals surface area contributed by atoms with Gasteiger partial charge in [-0.15, -0.1) is 10.2 Å². The lowest BCUT2D eigenvalue weighted by molar-refractivity contribution is 0.0855. The maximum atomic E-state index is 15.0. The maximum absolute atomic E-state index is 15.0. The van der Waals surface area contributed by atoms with Crippen LogP contribution in [-0.2, 0) is 0 Å². The minimum absolute atomic E-state index is 0.0262. The fourth-order valence-corrected chi connectivity index (χ4v) is 4.84. The number of para-hydroxylation sites is 1. The molecule has 202 valence electrons. The number of carbonyl (C=O) groups excluding carboxylic acids is 1. The van der Waals surface area contributed by atoms with Crippen LogP contribution in [0.3, 0.4) is 0 Å². The van der Waals surface area contributed by atoms with Gasteiger partial charge in [-0.1, -0.05) is 12.1 Å². The number of fused-ring (bicyclic) bond motifs is 1. The van der Waals surface area contributed by atoms with Gasteiger partial charge in [0.15, 0.2) is 11.3 Å². The molecule has 2 aliphatic heterocycles. The first-order chi connectivity index (χ1) is 19.4. The third-order valence-electron chi connectivity index (χ3n) is 6.86. The summed E-state index contributed by atoms with van der Waals surface area (Å²) in [5.74, 6) is 0.511. The maximum Gasteiger partial charge on any atom is 0.271 e. The molecular weight excluding hydrogens is 517 g/mol. The van der Waals surface area contributed by atoms with Crippen molar-refractivity contribution in [2.45, 2.75) is 31.7 Å². The highest BCUT2D eigenvalue weighted by Crippen LogP contribution is 2.39. The van der Waals surface area contributed by atoms with Crippen LogP contribution in [0.5, 0.6) is 5.75 Å². The predicted octanol–water partition coefficient (Wildman–Crippen LogP) is 3.44. The van der Waals surface area contributed by atoms with Crippen molar-refractivity contribution < 1.29 is 19.1 Å². The SMILES string of the molecule is CCOc1ccc(-c2nnc(C3CC(NC(=O)c4ccc5ncc(=O)cc-5n4O)C3)n2-c2ccccc2F)nc1. The smallest absolute Gasteiger partial charge is 0.271 e. The Kier molecular flexibility index (Phi) is 6.42. The van der Waals surface area contributed by atoms with E-state index in [0.717, 1.165) is 6.20 Å². The molecule has 0 radical (unpaired) electrons. The molecule has 0 atom stereocenters. The monoisotopic (exact) mass is 541 g/mol. The number of nitrogens with one attached hydrogen (secondary N) is 1. The largest absolute Gasteiger partial charge is 0.492 e. The molecule has 11 nitrogen and oxygen atoms in total. The number of pyridine rings is 3. The summed E-state index contributed by atoms with van der Waals surface area (Å²) in [4.78, 5) is 33.0. The van der Waals surface area contributed by atoms with Crippen LogP contribution in [0.25, 0.3) is 28.6 Å². The summed E-state index contributed by atoms with van der Waals surface area (Å²) in [6.07, 6.45) is 3.79. The molecule has 2 aromatic heterocycles.